The van der Waals surface area contributed by atoms with Crippen LogP contribution in [0.1, 0.15) is 22.3 Å². The number of hydrogen-bond acceptors (Lipinski definition) is 6. The van der Waals surface area contributed by atoms with E-state index in [-0.39, 0.29) is 29.5 Å². The predicted molar refractivity (Wildman–Crippen MR) is 175 cm³/mol. The van der Waals surface area contributed by atoms with Gasteiger partial charge in [0.1, 0.15) is 12.6 Å². The van der Waals surface area contributed by atoms with Crippen molar-refractivity contribution < 1.29 is 27.5 Å². The first kappa shape index (κ1) is 33.1. The second-order valence-corrected chi connectivity index (χ2v) is 12.5. The fraction of sp³-hybridized carbons (Fsp3) is 0.257. The van der Waals surface area contributed by atoms with E-state index in [1.54, 1.807) is 24.3 Å². The van der Waals surface area contributed by atoms with Crippen LogP contribution in [0.3, 0.4) is 0 Å². The quantitative estimate of drug-likeness (QED) is 0.226. The van der Waals surface area contributed by atoms with Crippen molar-refractivity contribution >= 4 is 27.5 Å². The molecule has 2 amide bonds. The maximum atomic E-state index is 14.5. The molecule has 0 saturated heterocycles. The monoisotopic (exact) mass is 629 g/mol. The molecule has 0 spiro atoms. The number of carbonyl (C=O) groups excluding carboxylic acids is 2. The summed E-state index contributed by atoms with van der Waals surface area (Å²) >= 11 is 0. The van der Waals surface area contributed by atoms with Gasteiger partial charge in [0.2, 0.25) is 11.8 Å². The molecule has 4 rings (SSSR count). The molecule has 4 aromatic rings. The van der Waals surface area contributed by atoms with Crippen molar-refractivity contribution in [1.82, 2.24) is 10.2 Å². The number of hydrogen-bond donors (Lipinski definition) is 1. The Morgan fingerprint density at radius 1 is 0.822 bits per heavy atom. The van der Waals surface area contributed by atoms with Gasteiger partial charge in [-0.15, -0.1) is 0 Å². The highest BCUT2D eigenvalue weighted by molar-refractivity contribution is 7.92. The van der Waals surface area contributed by atoms with E-state index in [4.69, 9.17) is 9.47 Å². The number of nitrogens with one attached hydrogen (secondary N) is 1. The molecule has 0 aromatic heterocycles. The maximum absolute atomic E-state index is 14.5. The molecular formula is C35H39N3O6S. The van der Waals surface area contributed by atoms with Gasteiger partial charge in [-0.05, 0) is 54.8 Å². The number of rotatable bonds is 13. The van der Waals surface area contributed by atoms with Crippen LogP contribution in [0.4, 0.5) is 5.69 Å². The zero-order chi connectivity index (χ0) is 32.6. The Morgan fingerprint density at radius 3 is 2.09 bits per heavy atom. The molecule has 0 bridgehead atoms. The number of amides is 2. The molecule has 0 aliphatic carbocycles. The summed E-state index contributed by atoms with van der Waals surface area (Å²) in [4.78, 5) is 29.4. The van der Waals surface area contributed by atoms with Gasteiger partial charge in [0.25, 0.3) is 10.0 Å². The van der Waals surface area contributed by atoms with Crippen molar-refractivity contribution in [2.24, 2.45) is 0 Å². The average Bonchev–Trinajstić information content (AvgIpc) is 3.05. The van der Waals surface area contributed by atoms with Crippen LogP contribution in [0, 0.1) is 13.8 Å². The number of carbonyl (C=O) groups is 2. The third-order valence-corrected chi connectivity index (χ3v) is 9.45. The Hall–Kier alpha value is -4.83. The number of aryl methyl sites for hydroxylation is 2. The van der Waals surface area contributed by atoms with Crippen molar-refractivity contribution in [1.29, 1.82) is 0 Å². The summed E-state index contributed by atoms with van der Waals surface area (Å²) in [6.45, 7) is 3.32. The lowest BCUT2D eigenvalue weighted by Crippen LogP contribution is -2.53. The van der Waals surface area contributed by atoms with Crippen molar-refractivity contribution in [3.05, 3.63) is 119 Å². The van der Waals surface area contributed by atoms with E-state index in [9.17, 15) is 18.0 Å². The lowest BCUT2D eigenvalue weighted by atomic mass is 10.0. The minimum absolute atomic E-state index is 0.0216. The Balaban J connectivity index is 1.83. The van der Waals surface area contributed by atoms with Crippen LogP contribution in [0.25, 0.3) is 0 Å². The lowest BCUT2D eigenvalue weighted by Gasteiger charge is -2.34. The molecule has 0 fully saturated rings. The first-order valence-electron chi connectivity index (χ1n) is 14.5. The summed E-state index contributed by atoms with van der Waals surface area (Å²) in [6.07, 6.45) is 0.235. The second-order valence-electron chi connectivity index (χ2n) is 10.6. The number of nitrogens with zero attached hydrogens (tertiary/aromatic N) is 2. The summed E-state index contributed by atoms with van der Waals surface area (Å²) < 4.78 is 40.3. The number of likely N-dealkylation sites (N-methyl/N-ethyl adjacent to an activating group) is 1. The normalized spacial score (nSPS) is 11.8. The fourth-order valence-electron chi connectivity index (χ4n) is 5.04. The van der Waals surface area contributed by atoms with Crippen molar-refractivity contribution in [3.8, 4) is 11.5 Å². The van der Waals surface area contributed by atoms with Crippen molar-refractivity contribution in [3.63, 3.8) is 0 Å². The van der Waals surface area contributed by atoms with E-state index in [0.717, 1.165) is 26.6 Å². The summed E-state index contributed by atoms with van der Waals surface area (Å²) in [5.74, 6) is -0.201. The second kappa shape index (κ2) is 14.8. The first-order valence-corrected chi connectivity index (χ1v) is 15.9. The topological polar surface area (TPSA) is 105 Å². The zero-order valence-electron chi connectivity index (χ0n) is 26.2. The SMILES string of the molecule is CNC(=O)[C@@H](Cc1ccccc1)N(Cc1ccccc1C)C(=O)CN(c1ccc(OC)c(OC)c1)S(=O)(=O)c1ccc(C)cc1. The number of benzene rings is 4. The molecule has 0 aliphatic heterocycles. The lowest BCUT2D eigenvalue weighted by molar-refractivity contribution is -0.139. The Labute approximate surface area is 265 Å². The van der Waals surface area contributed by atoms with E-state index >= 15 is 0 Å². The van der Waals surface area contributed by atoms with E-state index in [0.29, 0.717) is 11.5 Å². The molecule has 1 N–H and O–H groups in total. The maximum Gasteiger partial charge on any atom is 0.264 e. The highest BCUT2D eigenvalue weighted by atomic mass is 32.2. The molecule has 236 valence electrons. The molecule has 0 saturated carbocycles. The number of methoxy groups -OCH3 is 2. The third kappa shape index (κ3) is 7.82. The van der Waals surface area contributed by atoms with Gasteiger partial charge < -0.3 is 19.7 Å². The van der Waals surface area contributed by atoms with Crippen molar-refractivity contribution in [2.75, 3.05) is 32.1 Å². The van der Waals surface area contributed by atoms with Crippen LogP contribution < -0.4 is 19.1 Å². The minimum atomic E-state index is -4.25. The zero-order valence-corrected chi connectivity index (χ0v) is 27.0. The van der Waals surface area contributed by atoms with Gasteiger partial charge in [-0.25, -0.2) is 8.42 Å². The van der Waals surface area contributed by atoms with E-state index in [1.807, 2.05) is 68.4 Å². The fourth-order valence-corrected chi connectivity index (χ4v) is 6.44. The largest absolute Gasteiger partial charge is 0.493 e. The molecule has 0 aliphatic rings. The van der Waals surface area contributed by atoms with Crippen molar-refractivity contribution in [2.45, 2.75) is 37.8 Å². The van der Waals surface area contributed by atoms with Crippen LogP contribution in [-0.2, 0) is 32.6 Å². The summed E-state index contributed by atoms with van der Waals surface area (Å²) in [7, 11) is 0.210. The molecular weight excluding hydrogens is 590 g/mol. The Bertz CT molecular complexity index is 1730. The molecule has 4 aromatic carbocycles. The van der Waals surface area contributed by atoms with Crippen LogP contribution in [0.15, 0.2) is 102 Å². The Kier molecular flexibility index (Phi) is 10.9. The van der Waals surface area contributed by atoms with E-state index < -0.39 is 28.5 Å². The van der Waals surface area contributed by atoms with Crippen LogP contribution in [0.5, 0.6) is 11.5 Å². The van der Waals surface area contributed by atoms with Crippen LogP contribution >= 0.6 is 0 Å². The number of anilines is 1. The van der Waals surface area contributed by atoms with Gasteiger partial charge in [-0.3, -0.25) is 13.9 Å². The van der Waals surface area contributed by atoms with Gasteiger partial charge in [-0.2, -0.15) is 0 Å². The minimum Gasteiger partial charge on any atom is -0.493 e. The highest BCUT2D eigenvalue weighted by Gasteiger charge is 2.34. The Morgan fingerprint density at radius 2 is 1.47 bits per heavy atom. The smallest absolute Gasteiger partial charge is 0.264 e. The molecule has 10 heteroatoms. The number of sulfonamides is 1. The van der Waals surface area contributed by atoms with Gasteiger partial charge in [-0.1, -0.05) is 72.3 Å². The predicted octanol–water partition coefficient (Wildman–Crippen LogP) is 4.90. The first-order chi connectivity index (χ1) is 21.6. The molecule has 0 unspecified atom stereocenters. The van der Waals surface area contributed by atoms with Gasteiger partial charge in [0, 0.05) is 26.1 Å². The summed E-state index contributed by atoms with van der Waals surface area (Å²) in [6, 6.07) is 27.2. The summed E-state index contributed by atoms with van der Waals surface area (Å²) in [5.41, 5.74) is 3.73. The molecule has 0 heterocycles. The number of ether oxygens (including phenoxy) is 2. The highest BCUT2D eigenvalue weighted by Crippen LogP contribution is 2.34. The van der Waals surface area contributed by atoms with Gasteiger partial charge >= 0.3 is 0 Å². The molecule has 9 nitrogen and oxygen atoms in total. The summed E-state index contributed by atoms with van der Waals surface area (Å²) in [5, 5.41) is 2.70. The average molecular weight is 630 g/mol. The molecule has 0 radical (unpaired) electrons. The van der Waals surface area contributed by atoms with E-state index in [1.165, 1.54) is 44.4 Å². The molecule has 1 atom stereocenters. The third-order valence-electron chi connectivity index (χ3n) is 7.66. The van der Waals surface area contributed by atoms with Crippen LogP contribution in [0.2, 0.25) is 0 Å². The van der Waals surface area contributed by atoms with E-state index in [2.05, 4.69) is 5.32 Å². The molecule has 45 heavy (non-hydrogen) atoms. The van der Waals surface area contributed by atoms with Gasteiger partial charge in [0.15, 0.2) is 11.5 Å². The van der Waals surface area contributed by atoms with Gasteiger partial charge in [0.05, 0.1) is 24.8 Å². The standard InChI is InChI=1S/C35H39N3O6S/c1-25-15-18-30(19-16-25)45(41,42)38(29-17-20-32(43-4)33(22-29)44-5)24-34(39)37(23-28-14-10-9-11-26(28)2)31(35(40)36-3)21-27-12-7-6-8-13-27/h6-20,22,31H,21,23-24H2,1-5H3,(H,36,40)/t31-/m1/s1. The van der Waals surface area contributed by atoms with Crippen LogP contribution in [-0.4, -0.2) is 59.0 Å².